The van der Waals surface area contributed by atoms with Gasteiger partial charge in [-0.05, 0) is 11.5 Å². The number of anilines is 1. The van der Waals surface area contributed by atoms with Gasteiger partial charge in [-0.2, -0.15) is 0 Å². The van der Waals surface area contributed by atoms with Gasteiger partial charge in [0.05, 0.1) is 21.3 Å². The van der Waals surface area contributed by atoms with E-state index in [0.717, 1.165) is 10.8 Å². The van der Waals surface area contributed by atoms with Crippen LogP contribution in [0.2, 0.25) is 0 Å². The van der Waals surface area contributed by atoms with Gasteiger partial charge in [0.25, 0.3) is 5.91 Å². The van der Waals surface area contributed by atoms with Crippen LogP contribution in [0, 0.1) is 0 Å². The number of carbonyl (C=O) groups is 1. The third-order valence-corrected chi connectivity index (χ3v) is 3.81. The normalized spacial score (nSPS) is 10.4. The maximum Gasteiger partial charge on any atom is 0.274 e. The number of amides is 1. The lowest BCUT2D eigenvalue weighted by atomic mass is 10.1. The van der Waals surface area contributed by atoms with Crippen LogP contribution < -0.4 is 19.5 Å². The predicted molar refractivity (Wildman–Crippen MR) is 95.8 cm³/mol. The minimum atomic E-state index is -0.314. The molecule has 0 unspecified atom stereocenters. The number of rotatable bonds is 5. The highest BCUT2D eigenvalue weighted by molar-refractivity contribution is 6.11. The van der Waals surface area contributed by atoms with Gasteiger partial charge in [0.15, 0.2) is 11.5 Å². The Morgan fingerprint density at radius 3 is 2.28 bits per heavy atom. The van der Waals surface area contributed by atoms with Crippen molar-refractivity contribution in [3.05, 3.63) is 54.4 Å². The van der Waals surface area contributed by atoms with E-state index in [4.69, 9.17) is 14.2 Å². The Morgan fingerprint density at radius 1 is 0.960 bits per heavy atom. The molecule has 1 N–H and O–H groups in total. The van der Waals surface area contributed by atoms with Crippen LogP contribution in [0.25, 0.3) is 10.8 Å². The molecule has 0 bridgehead atoms. The molecule has 2 aromatic carbocycles. The highest BCUT2D eigenvalue weighted by atomic mass is 16.5. The molecule has 0 spiro atoms. The Bertz CT molecular complexity index is 894. The minimum Gasteiger partial charge on any atom is -0.493 e. The molecule has 0 saturated heterocycles. The molecule has 1 aromatic heterocycles. The third kappa shape index (κ3) is 3.19. The summed E-state index contributed by atoms with van der Waals surface area (Å²) in [6.07, 6.45) is 1.62. The molecule has 0 atom stereocenters. The number of hydrogen-bond donors (Lipinski definition) is 1. The number of ether oxygens (including phenoxy) is 3. The SMILES string of the molecule is COc1cc(NC(=O)c2nccc3ccccc23)cc(OC)c1OC. The van der Waals surface area contributed by atoms with E-state index < -0.39 is 0 Å². The van der Waals surface area contributed by atoms with Crippen molar-refractivity contribution in [1.29, 1.82) is 0 Å². The van der Waals surface area contributed by atoms with Crippen molar-refractivity contribution < 1.29 is 19.0 Å². The van der Waals surface area contributed by atoms with Crippen molar-refractivity contribution in [3.8, 4) is 17.2 Å². The zero-order chi connectivity index (χ0) is 17.8. The number of fused-ring (bicyclic) bond motifs is 1. The molecule has 0 fully saturated rings. The van der Waals surface area contributed by atoms with Gasteiger partial charge < -0.3 is 19.5 Å². The molecule has 0 saturated carbocycles. The first kappa shape index (κ1) is 16.6. The Hall–Kier alpha value is -3.28. The molecule has 0 radical (unpaired) electrons. The zero-order valence-electron chi connectivity index (χ0n) is 14.2. The van der Waals surface area contributed by atoms with Gasteiger partial charge in [-0.15, -0.1) is 0 Å². The van der Waals surface area contributed by atoms with Crippen LogP contribution >= 0.6 is 0 Å². The lowest BCUT2D eigenvalue weighted by Gasteiger charge is -2.14. The quantitative estimate of drug-likeness (QED) is 0.771. The maximum absolute atomic E-state index is 12.7. The Morgan fingerprint density at radius 2 is 1.64 bits per heavy atom. The summed E-state index contributed by atoms with van der Waals surface area (Å²) >= 11 is 0. The summed E-state index contributed by atoms with van der Waals surface area (Å²) in [5.74, 6) is 1.07. The number of carbonyl (C=O) groups excluding carboxylic acids is 1. The van der Waals surface area contributed by atoms with Gasteiger partial charge in [-0.3, -0.25) is 9.78 Å². The number of pyridine rings is 1. The lowest BCUT2D eigenvalue weighted by Crippen LogP contribution is -2.14. The van der Waals surface area contributed by atoms with E-state index in [9.17, 15) is 4.79 Å². The first-order chi connectivity index (χ1) is 12.2. The summed E-state index contributed by atoms with van der Waals surface area (Å²) < 4.78 is 15.9. The molecule has 25 heavy (non-hydrogen) atoms. The van der Waals surface area contributed by atoms with Gasteiger partial charge in [-0.1, -0.05) is 24.3 Å². The van der Waals surface area contributed by atoms with Crippen molar-refractivity contribution in [3.63, 3.8) is 0 Å². The third-order valence-electron chi connectivity index (χ3n) is 3.81. The first-order valence-corrected chi connectivity index (χ1v) is 7.63. The van der Waals surface area contributed by atoms with Crippen LogP contribution in [-0.2, 0) is 0 Å². The monoisotopic (exact) mass is 338 g/mol. The number of nitrogens with one attached hydrogen (secondary N) is 1. The maximum atomic E-state index is 12.7. The standard InChI is InChI=1S/C19H18N2O4/c1-23-15-10-13(11-16(24-2)18(15)25-3)21-19(22)17-14-7-5-4-6-12(14)8-9-20-17/h4-11H,1-3H3,(H,21,22). The Kier molecular flexibility index (Phi) is 4.70. The molecule has 0 aliphatic heterocycles. The fraction of sp³-hybridized carbons (Fsp3) is 0.158. The average Bonchev–Trinajstić information content (AvgIpc) is 2.66. The van der Waals surface area contributed by atoms with Crippen LogP contribution in [0.3, 0.4) is 0 Å². The van der Waals surface area contributed by atoms with Gasteiger partial charge in [0, 0.05) is 29.4 Å². The van der Waals surface area contributed by atoms with E-state index in [1.807, 2.05) is 30.3 Å². The molecule has 6 nitrogen and oxygen atoms in total. The van der Waals surface area contributed by atoms with Crippen LogP contribution in [0.15, 0.2) is 48.7 Å². The number of methoxy groups -OCH3 is 3. The summed E-state index contributed by atoms with van der Waals surface area (Å²) in [5.41, 5.74) is 0.876. The largest absolute Gasteiger partial charge is 0.493 e. The molecule has 0 aliphatic rings. The van der Waals surface area contributed by atoms with E-state index in [2.05, 4.69) is 10.3 Å². The number of aromatic nitrogens is 1. The highest BCUT2D eigenvalue weighted by Gasteiger charge is 2.16. The van der Waals surface area contributed by atoms with Gasteiger partial charge in [-0.25, -0.2) is 0 Å². The average molecular weight is 338 g/mol. The fourth-order valence-corrected chi connectivity index (χ4v) is 2.64. The second kappa shape index (κ2) is 7.09. The molecule has 1 heterocycles. The first-order valence-electron chi connectivity index (χ1n) is 7.63. The molecule has 3 aromatic rings. The van der Waals surface area contributed by atoms with Gasteiger partial charge in [0.1, 0.15) is 5.69 Å². The second-order valence-corrected chi connectivity index (χ2v) is 5.25. The van der Waals surface area contributed by atoms with Crippen LogP contribution in [0.4, 0.5) is 5.69 Å². The van der Waals surface area contributed by atoms with Crippen LogP contribution in [-0.4, -0.2) is 32.2 Å². The highest BCUT2D eigenvalue weighted by Crippen LogP contribution is 2.40. The van der Waals surface area contributed by atoms with E-state index in [1.165, 1.54) is 21.3 Å². The van der Waals surface area contributed by atoms with Crippen molar-refractivity contribution in [2.75, 3.05) is 26.6 Å². The van der Waals surface area contributed by atoms with Crippen molar-refractivity contribution >= 4 is 22.4 Å². The molecular weight excluding hydrogens is 320 g/mol. The summed E-state index contributed by atoms with van der Waals surface area (Å²) in [7, 11) is 4.57. The van der Waals surface area contributed by atoms with Crippen molar-refractivity contribution in [2.45, 2.75) is 0 Å². The topological polar surface area (TPSA) is 69.7 Å². The van der Waals surface area contributed by atoms with E-state index in [0.29, 0.717) is 28.6 Å². The summed E-state index contributed by atoms with van der Waals surface area (Å²) in [5, 5.41) is 4.57. The van der Waals surface area contributed by atoms with Crippen LogP contribution in [0.1, 0.15) is 10.5 Å². The molecule has 0 aliphatic carbocycles. The number of nitrogens with zero attached hydrogens (tertiary/aromatic N) is 1. The summed E-state index contributed by atoms with van der Waals surface area (Å²) in [6.45, 7) is 0. The molecule has 3 rings (SSSR count). The summed E-state index contributed by atoms with van der Waals surface area (Å²) in [4.78, 5) is 16.9. The predicted octanol–water partition coefficient (Wildman–Crippen LogP) is 3.51. The molecule has 1 amide bonds. The van der Waals surface area contributed by atoms with Gasteiger partial charge in [0.2, 0.25) is 5.75 Å². The van der Waals surface area contributed by atoms with E-state index in [1.54, 1.807) is 18.3 Å². The van der Waals surface area contributed by atoms with E-state index in [-0.39, 0.29) is 5.91 Å². The molecule has 128 valence electrons. The summed E-state index contributed by atoms with van der Waals surface area (Å²) in [6, 6.07) is 12.8. The second-order valence-electron chi connectivity index (χ2n) is 5.25. The van der Waals surface area contributed by atoms with Gasteiger partial charge >= 0.3 is 0 Å². The smallest absolute Gasteiger partial charge is 0.274 e. The minimum absolute atomic E-state index is 0.314. The van der Waals surface area contributed by atoms with Crippen molar-refractivity contribution in [2.24, 2.45) is 0 Å². The molecular formula is C19H18N2O4. The molecule has 6 heteroatoms. The Balaban J connectivity index is 1.98. The number of hydrogen-bond acceptors (Lipinski definition) is 5. The lowest BCUT2D eigenvalue weighted by molar-refractivity contribution is 0.102. The Labute approximate surface area is 145 Å². The van der Waals surface area contributed by atoms with Crippen LogP contribution in [0.5, 0.6) is 17.2 Å². The number of benzene rings is 2. The zero-order valence-corrected chi connectivity index (χ0v) is 14.2. The van der Waals surface area contributed by atoms with E-state index >= 15 is 0 Å². The fourth-order valence-electron chi connectivity index (χ4n) is 2.64. The van der Waals surface area contributed by atoms with Crippen molar-refractivity contribution in [1.82, 2.24) is 4.98 Å².